The fourth-order valence-electron chi connectivity index (χ4n) is 1.45. The first-order chi connectivity index (χ1) is 8.01. The Bertz CT molecular complexity index is 439. The van der Waals surface area contributed by atoms with Gasteiger partial charge in [0.25, 0.3) is 10.1 Å². The molecule has 0 aliphatic rings. The van der Waals surface area contributed by atoms with Crippen molar-refractivity contribution in [3.63, 3.8) is 0 Å². The molecule has 1 aromatic rings. The molecule has 0 aromatic heterocycles. The van der Waals surface area contributed by atoms with E-state index >= 15 is 0 Å². The summed E-state index contributed by atoms with van der Waals surface area (Å²) in [5, 5.41) is 0. The van der Waals surface area contributed by atoms with Crippen LogP contribution in [0.3, 0.4) is 0 Å². The molecule has 0 saturated carbocycles. The average molecular weight is 256 g/mol. The van der Waals surface area contributed by atoms with Crippen LogP contribution >= 0.6 is 0 Å². The van der Waals surface area contributed by atoms with E-state index in [1.165, 1.54) is 0 Å². The summed E-state index contributed by atoms with van der Waals surface area (Å²) >= 11 is 0. The fraction of sp³-hybridized carbons (Fsp3) is 0.333. The molecular weight excluding hydrogens is 240 g/mol. The minimum Gasteiger partial charge on any atom is -0.493 e. The lowest BCUT2D eigenvalue weighted by Gasteiger charge is -2.14. The van der Waals surface area contributed by atoms with E-state index < -0.39 is 10.1 Å². The monoisotopic (exact) mass is 256 g/mol. The minimum absolute atomic E-state index is 0.232. The predicted octanol–water partition coefficient (Wildman–Crippen LogP) is 2.15. The van der Waals surface area contributed by atoms with E-state index in [1.807, 2.05) is 18.2 Å². The Hall–Kier alpha value is -1.33. The maximum Gasteiger partial charge on any atom is 0.265 e. The average Bonchev–Trinajstić information content (AvgIpc) is 2.26. The molecule has 0 fully saturated rings. The van der Waals surface area contributed by atoms with Crippen LogP contribution in [0.4, 0.5) is 0 Å². The predicted molar refractivity (Wildman–Crippen MR) is 66.7 cm³/mol. The number of allylic oxidation sites excluding steroid dienone is 1. The van der Waals surface area contributed by atoms with E-state index in [-0.39, 0.29) is 18.3 Å². The highest BCUT2D eigenvalue weighted by molar-refractivity contribution is 7.85. The van der Waals surface area contributed by atoms with E-state index in [4.69, 9.17) is 9.29 Å². The summed E-state index contributed by atoms with van der Waals surface area (Å²) in [6, 6.07) is 9.12. The van der Waals surface area contributed by atoms with Gasteiger partial charge in [0.05, 0.1) is 12.4 Å². The highest BCUT2D eigenvalue weighted by atomic mass is 32.2. The molecule has 0 bridgehead atoms. The second-order valence-electron chi connectivity index (χ2n) is 3.76. The summed E-state index contributed by atoms with van der Waals surface area (Å²) in [5.41, 5.74) is 0. The van der Waals surface area contributed by atoms with Crippen LogP contribution in [0.25, 0.3) is 0 Å². The van der Waals surface area contributed by atoms with Crippen LogP contribution in [-0.2, 0) is 10.1 Å². The van der Waals surface area contributed by atoms with Crippen molar-refractivity contribution >= 4 is 10.1 Å². The lowest BCUT2D eigenvalue weighted by molar-refractivity contribution is 0.260. The highest BCUT2D eigenvalue weighted by Gasteiger charge is 2.16. The summed E-state index contributed by atoms with van der Waals surface area (Å²) < 4.78 is 35.8. The summed E-state index contributed by atoms with van der Waals surface area (Å²) in [7, 11) is -3.98. The van der Waals surface area contributed by atoms with Crippen molar-refractivity contribution in [3.05, 3.63) is 43.0 Å². The third kappa shape index (κ3) is 6.09. The van der Waals surface area contributed by atoms with Crippen molar-refractivity contribution in [2.45, 2.75) is 6.42 Å². The van der Waals surface area contributed by atoms with Crippen LogP contribution in [-0.4, -0.2) is 25.3 Å². The second-order valence-corrected chi connectivity index (χ2v) is 5.26. The molecule has 4 nitrogen and oxygen atoms in total. The number of ether oxygens (including phenoxy) is 1. The molecule has 1 atom stereocenters. The number of para-hydroxylation sites is 1. The van der Waals surface area contributed by atoms with Gasteiger partial charge in [0.2, 0.25) is 0 Å². The first-order valence-electron chi connectivity index (χ1n) is 5.25. The van der Waals surface area contributed by atoms with Crippen LogP contribution in [0.2, 0.25) is 0 Å². The van der Waals surface area contributed by atoms with Crippen molar-refractivity contribution in [1.29, 1.82) is 0 Å². The zero-order valence-electron chi connectivity index (χ0n) is 9.45. The van der Waals surface area contributed by atoms with Crippen LogP contribution in [0.1, 0.15) is 6.42 Å². The van der Waals surface area contributed by atoms with E-state index in [9.17, 15) is 8.42 Å². The van der Waals surface area contributed by atoms with Crippen molar-refractivity contribution in [3.8, 4) is 5.75 Å². The Morgan fingerprint density at radius 2 is 2.00 bits per heavy atom. The molecule has 5 heteroatoms. The van der Waals surface area contributed by atoms with E-state index in [0.29, 0.717) is 12.2 Å². The van der Waals surface area contributed by atoms with Crippen LogP contribution in [0.5, 0.6) is 5.75 Å². The van der Waals surface area contributed by atoms with Gasteiger partial charge >= 0.3 is 0 Å². The van der Waals surface area contributed by atoms with Gasteiger partial charge in [-0.15, -0.1) is 6.58 Å². The molecule has 0 spiro atoms. The molecule has 0 amide bonds. The van der Waals surface area contributed by atoms with Crippen LogP contribution in [0.15, 0.2) is 43.0 Å². The number of hydrogen-bond acceptors (Lipinski definition) is 3. The van der Waals surface area contributed by atoms with Crippen molar-refractivity contribution in [2.75, 3.05) is 12.4 Å². The van der Waals surface area contributed by atoms with Crippen molar-refractivity contribution in [2.24, 2.45) is 5.92 Å². The summed E-state index contributed by atoms with van der Waals surface area (Å²) in [6.07, 6.45) is 2.09. The minimum atomic E-state index is -3.98. The summed E-state index contributed by atoms with van der Waals surface area (Å²) in [6.45, 7) is 3.79. The van der Waals surface area contributed by atoms with Gasteiger partial charge in [-0.05, 0) is 18.6 Å². The van der Waals surface area contributed by atoms with Gasteiger partial charge < -0.3 is 4.74 Å². The van der Waals surface area contributed by atoms with Gasteiger partial charge in [0.1, 0.15) is 5.75 Å². The van der Waals surface area contributed by atoms with E-state index in [0.717, 1.165) is 0 Å². The second kappa shape index (κ2) is 6.42. The lowest BCUT2D eigenvalue weighted by atomic mass is 10.1. The molecule has 0 saturated heterocycles. The maximum atomic E-state index is 10.8. The standard InChI is InChI=1S/C12H16O4S/c1-2-6-11(10-17(13,14)15)9-16-12-7-4-3-5-8-12/h2-5,7-8,11H,1,6,9-10H2,(H,13,14,15). The van der Waals surface area contributed by atoms with Gasteiger partial charge in [-0.25, -0.2) is 0 Å². The maximum absolute atomic E-state index is 10.8. The normalized spacial score (nSPS) is 13.0. The zero-order chi connectivity index (χ0) is 12.7. The van der Waals surface area contributed by atoms with Crippen LogP contribution < -0.4 is 4.74 Å². The molecule has 94 valence electrons. The highest BCUT2D eigenvalue weighted by Crippen LogP contribution is 2.13. The molecular formula is C12H16O4S. The first kappa shape index (κ1) is 13.7. The Kier molecular flexibility index (Phi) is 5.18. The van der Waals surface area contributed by atoms with Crippen molar-refractivity contribution in [1.82, 2.24) is 0 Å². The third-order valence-electron chi connectivity index (χ3n) is 2.18. The largest absolute Gasteiger partial charge is 0.493 e. The Morgan fingerprint density at radius 3 is 2.53 bits per heavy atom. The molecule has 0 heterocycles. The van der Waals surface area contributed by atoms with Gasteiger partial charge in [-0.1, -0.05) is 24.3 Å². The Balaban J connectivity index is 2.53. The van der Waals surface area contributed by atoms with E-state index in [2.05, 4.69) is 6.58 Å². The van der Waals surface area contributed by atoms with E-state index in [1.54, 1.807) is 18.2 Å². The quantitative estimate of drug-likeness (QED) is 0.599. The topological polar surface area (TPSA) is 63.6 Å². The molecule has 0 aliphatic heterocycles. The molecule has 1 rings (SSSR count). The third-order valence-corrected chi connectivity index (χ3v) is 3.07. The summed E-state index contributed by atoms with van der Waals surface area (Å²) in [4.78, 5) is 0. The molecule has 0 aliphatic carbocycles. The number of rotatable bonds is 7. The Morgan fingerprint density at radius 1 is 1.35 bits per heavy atom. The van der Waals surface area contributed by atoms with Crippen LogP contribution in [0, 0.1) is 5.92 Å². The molecule has 17 heavy (non-hydrogen) atoms. The number of benzene rings is 1. The SMILES string of the molecule is C=CCC(COc1ccccc1)CS(=O)(=O)O. The van der Waals surface area contributed by atoms with Gasteiger partial charge in [0, 0.05) is 5.92 Å². The molecule has 1 N–H and O–H groups in total. The smallest absolute Gasteiger partial charge is 0.265 e. The summed E-state index contributed by atoms with van der Waals surface area (Å²) in [5.74, 6) is 0.0749. The molecule has 1 unspecified atom stereocenters. The first-order valence-corrected chi connectivity index (χ1v) is 6.86. The number of hydrogen-bond donors (Lipinski definition) is 1. The lowest BCUT2D eigenvalue weighted by Crippen LogP contribution is -2.21. The van der Waals surface area contributed by atoms with Gasteiger partial charge in [-0.3, -0.25) is 4.55 Å². The van der Waals surface area contributed by atoms with Gasteiger partial charge in [-0.2, -0.15) is 8.42 Å². The van der Waals surface area contributed by atoms with Gasteiger partial charge in [0.15, 0.2) is 0 Å². The zero-order valence-corrected chi connectivity index (χ0v) is 10.3. The molecule has 1 aromatic carbocycles. The fourth-order valence-corrected chi connectivity index (χ4v) is 2.28. The molecule has 0 radical (unpaired) electrons. The Labute approximate surface area is 102 Å². The van der Waals surface area contributed by atoms with Crippen molar-refractivity contribution < 1.29 is 17.7 Å².